The molecule has 0 heterocycles. The molecule has 0 aliphatic rings. The number of hydrogen-bond acceptors (Lipinski definition) is 2. The number of rotatable bonds is 3. The van der Waals surface area contributed by atoms with Crippen molar-refractivity contribution in [2.24, 2.45) is 0 Å². The fraction of sp³-hybridized carbons (Fsp3) is 0.286. The topological polar surface area (TPSA) is 66.4 Å². The number of carboxylic acids is 1. The van der Waals surface area contributed by atoms with E-state index in [-0.39, 0.29) is 11.4 Å². The van der Waals surface area contributed by atoms with E-state index in [1.807, 2.05) is 20.8 Å². The maximum absolute atomic E-state index is 11.8. The third-order valence-corrected chi connectivity index (χ3v) is 2.08. The highest BCUT2D eigenvalue weighted by Crippen LogP contribution is 2.08. The second kappa shape index (κ2) is 5.49. The van der Waals surface area contributed by atoms with Crippen LogP contribution in [0.5, 0.6) is 0 Å². The molecular formula is C14H17NO3. The van der Waals surface area contributed by atoms with Crippen molar-refractivity contribution in [3.05, 3.63) is 41.5 Å². The molecule has 0 saturated carbocycles. The van der Waals surface area contributed by atoms with Gasteiger partial charge in [-0.1, -0.05) is 12.1 Å². The molecule has 0 unspecified atom stereocenters. The Labute approximate surface area is 106 Å². The molecule has 0 spiro atoms. The van der Waals surface area contributed by atoms with E-state index in [9.17, 15) is 9.59 Å². The summed E-state index contributed by atoms with van der Waals surface area (Å²) in [7, 11) is 0. The van der Waals surface area contributed by atoms with Gasteiger partial charge in [-0.25, -0.2) is 4.79 Å². The van der Waals surface area contributed by atoms with Gasteiger partial charge in [0.2, 0.25) is 0 Å². The van der Waals surface area contributed by atoms with Crippen molar-refractivity contribution in [2.45, 2.75) is 26.3 Å². The van der Waals surface area contributed by atoms with Crippen molar-refractivity contribution in [1.29, 1.82) is 0 Å². The van der Waals surface area contributed by atoms with Gasteiger partial charge in [-0.2, -0.15) is 0 Å². The fourth-order valence-corrected chi connectivity index (χ4v) is 1.33. The number of hydrogen-bond donors (Lipinski definition) is 2. The number of carbonyl (C=O) groups is 2. The van der Waals surface area contributed by atoms with E-state index in [2.05, 4.69) is 5.32 Å². The van der Waals surface area contributed by atoms with Crippen LogP contribution in [0, 0.1) is 0 Å². The molecule has 0 bridgehead atoms. The molecule has 0 radical (unpaired) electrons. The number of nitrogens with one attached hydrogen (secondary N) is 1. The molecule has 4 nitrogen and oxygen atoms in total. The molecule has 4 heteroatoms. The van der Waals surface area contributed by atoms with E-state index in [4.69, 9.17) is 5.11 Å². The van der Waals surface area contributed by atoms with Crippen molar-refractivity contribution < 1.29 is 14.7 Å². The maximum atomic E-state index is 11.8. The third-order valence-electron chi connectivity index (χ3n) is 2.08. The maximum Gasteiger partial charge on any atom is 0.328 e. The van der Waals surface area contributed by atoms with Crippen LogP contribution in [0.25, 0.3) is 6.08 Å². The minimum atomic E-state index is -0.996. The zero-order chi connectivity index (χ0) is 13.8. The summed E-state index contributed by atoms with van der Waals surface area (Å²) in [6.45, 7) is 5.73. The lowest BCUT2D eigenvalue weighted by Crippen LogP contribution is -2.40. The van der Waals surface area contributed by atoms with E-state index in [0.717, 1.165) is 11.6 Å². The summed E-state index contributed by atoms with van der Waals surface area (Å²) in [4.78, 5) is 22.2. The smallest absolute Gasteiger partial charge is 0.328 e. The lowest BCUT2D eigenvalue weighted by molar-refractivity contribution is -0.131. The monoisotopic (exact) mass is 247 g/mol. The van der Waals surface area contributed by atoms with E-state index in [1.54, 1.807) is 24.3 Å². The highest BCUT2D eigenvalue weighted by Gasteiger charge is 2.14. The number of aliphatic carboxylic acids is 1. The van der Waals surface area contributed by atoms with Crippen LogP contribution >= 0.6 is 0 Å². The molecule has 0 aliphatic heterocycles. The van der Waals surface area contributed by atoms with Crippen LogP contribution in [-0.2, 0) is 4.79 Å². The summed E-state index contributed by atoms with van der Waals surface area (Å²) in [5.74, 6) is -1.14. The third kappa shape index (κ3) is 4.82. The van der Waals surface area contributed by atoms with E-state index < -0.39 is 5.97 Å². The van der Waals surface area contributed by atoms with Crippen LogP contribution in [0.2, 0.25) is 0 Å². The standard InChI is InChI=1S/C14H17NO3/c1-14(2,3)15-13(18)11-7-4-10(5-8-11)6-9-12(16)17/h4-9H,1-3H3,(H,15,18)(H,16,17)/b9-6+. The normalized spacial score (nSPS) is 11.5. The van der Waals surface area contributed by atoms with Gasteiger partial charge in [-0.3, -0.25) is 4.79 Å². The highest BCUT2D eigenvalue weighted by molar-refractivity contribution is 5.95. The Balaban J connectivity index is 2.77. The lowest BCUT2D eigenvalue weighted by Gasteiger charge is -2.20. The minimum absolute atomic E-state index is 0.142. The van der Waals surface area contributed by atoms with Gasteiger partial charge in [0.05, 0.1) is 0 Å². The Morgan fingerprint density at radius 3 is 2.17 bits per heavy atom. The average Bonchev–Trinajstić information content (AvgIpc) is 2.24. The summed E-state index contributed by atoms with van der Waals surface area (Å²) in [5.41, 5.74) is 1.01. The second-order valence-electron chi connectivity index (χ2n) is 5.00. The molecule has 1 rings (SSSR count). The largest absolute Gasteiger partial charge is 0.478 e. The number of benzene rings is 1. The first kappa shape index (κ1) is 14.0. The van der Waals surface area contributed by atoms with Gasteiger partial charge >= 0.3 is 5.97 Å². The van der Waals surface area contributed by atoms with Crippen LogP contribution in [0.15, 0.2) is 30.3 Å². The summed E-state index contributed by atoms with van der Waals surface area (Å²) in [6.07, 6.45) is 2.54. The van der Waals surface area contributed by atoms with Crippen LogP contribution in [-0.4, -0.2) is 22.5 Å². The van der Waals surface area contributed by atoms with Crippen molar-refractivity contribution in [1.82, 2.24) is 5.32 Å². The first-order valence-corrected chi connectivity index (χ1v) is 5.61. The van der Waals surface area contributed by atoms with Crippen molar-refractivity contribution in [2.75, 3.05) is 0 Å². The Hall–Kier alpha value is -2.10. The molecule has 0 saturated heterocycles. The van der Waals surface area contributed by atoms with Crippen LogP contribution in [0.4, 0.5) is 0 Å². The Morgan fingerprint density at radius 2 is 1.72 bits per heavy atom. The van der Waals surface area contributed by atoms with Gasteiger partial charge < -0.3 is 10.4 Å². The Morgan fingerprint density at radius 1 is 1.17 bits per heavy atom. The van der Waals surface area contributed by atoms with Crippen LogP contribution < -0.4 is 5.32 Å². The molecule has 96 valence electrons. The molecule has 0 atom stereocenters. The van der Waals surface area contributed by atoms with E-state index in [1.165, 1.54) is 6.08 Å². The van der Waals surface area contributed by atoms with E-state index in [0.29, 0.717) is 5.56 Å². The molecule has 2 N–H and O–H groups in total. The zero-order valence-corrected chi connectivity index (χ0v) is 10.7. The first-order chi connectivity index (χ1) is 8.28. The van der Waals surface area contributed by atoms with Crippen LogP contribution in [0.1, 0.15) is 36.7 Å². The number of amides is 1. The zero-order valence-electron chi connectivity index (χ0n) is 10.7. The molecule has 1 aromatic rings. The summed E-state index contributed by atoms with van der Waals surface area (Å²) >= 11 is 0. The first-order valence-electron chi connectivity index (χ1n) is 5.61. The van der Waals surface area contributed by atoms with Gasteiger partial charge in [0, 0.05) is 17.2 Å². The summed E-state index contributed by atoms with van der Waals surface area (Å²) in [5, 5.41) is 11.3. The molecule has 18 heavy (non-hydrogen) atoms. The second-order valence-corrected chi connectivity index (χ2v) is 5.00. The molecule has 0 fully saturated rings. The molecule has 0 aliphatic carbocycles. The summed E-state index contributed by atoms with van der Waals surface area (Å²) < 4.78 is 0. The minimum Gasteiger partial charge on any atom is -0.478 e. The molecule has 1 aromatic carbocycles. The van der Waals surface area contributed by atoms with Gasteiger partial charge in [-0.05, 0) is 44.5 Å². The number of carbonyl (C=O) groups excluding carboxylic acids is 1. The Bertz CT molecular complexity index is 467. The molecule has 1 amide bonds. The molecular weight excluding hydrogens is 230 g/mol. The van der Waals surface area contributed by atoms with Gasteiger partial charge in [0.1, 0.15) is 0 Å². The fourth-order valence-electron chi connectivity index (χ4n) is 1.33. The number of carboxylic acid groups (broad SMARTS) is 1. The summed E-state index contributed by atoms with van der Waals surface area (Å²) in [6, 6.07) is 6.75. The van der Waals surface area contributed by atoms with Gasteiger partial charge in [0.25, 0.3) is 5.91 Å². The quantitative estimate of drug-likeness (QED) is 0.805. The lowest BCUT2D eigenvalue weighted by atomic mass is 10.1. The predicted octanol–water partition coefficient (Wildman–Crippen LogP) is 2.31. The van der Waals surface area contributed by atoms with E-state index >= 15 is 0 Å². The van der Waals surface area contributed by atoms with Crippen molar-refractivity contribution >= 4 is 18.0 Å². The molecule has 0 aromatic heterocycles. The van der Waals surface area contributed by atoms with Crippen LogP contribution in [0.3, 0.4) is 0 Å². The van der Waals surface area contributed by atoms with Crippen molar-refractivity contribution in [3.8, 4) is 0 Å². The van der Waals surface area contributed by atoms with Crippen molar-refractivity contribution in [3.63, 3.8) is 0 Å². The van der Waals surface area contributed by atoms with Gasteiger partial charge in [0.15, 0.2) is 0 Å². The average molecular weight is 247 g/mol. The Kier molecular flexibility index (Phi) is 4.26. The SMILES string of the molecule is CC(C)(C)NC(=O)c1ccc(/C=C/C(=O)O)cc1. The highest BCUT2D eigenvalue weighted by atomic mass is 16.4. The predicted molar refractivity (Wildman–Crippen MR) is 70.3 cm³/mol. The van der Waals surface area contributed by atoms with Gasteiger partial charge in [-0.15, -0.1) is 0 Å².